The van der Waals surface area contributed by atoms with E-state index in [1.807, 2.05) is 0 Å². The van der Waals surface area contributed by atoms with Gasteiger partial charge in [-0.15, -0.1) is 14.5 Å². The molecule has 0 aromatic carbocycles. The van der Waals surface area contributed by atoms with E-state index < -0.39 is 70.2 Å². The lowest BCUT2D eigenvalue weighted by Gasteiger charge is -2.23. The second-order valence-electron chi connectivity index (χ2n) is 10.4. The molecule has 0 saturated carbocycles. The SMILES string of the molecule is [C-]#[N+]CCOP(=S)(OCCn1c(CO)nc2cncnc21)OC[C@H]1O[C@@H](n2nnc3c(=O)[nH]c(NC(=O)C(C)C)nc32)[C@H](O[P+](=O)O)[C@@H]1F. The largest absolute Gasteiger partial charge is 0.695 e. The van der Waals surface area contributed by atoms with E-state index in [2.05, 4.69) is 45.4 Å². The number of hydrogen-bond donors (Lipinski definition) is 4. The van der Waals surface area contributed by atoms with Gasteiger partial charge in [-0.1, -0.05) is 19.1 Å². The number of aliphatic hydroxyl groups is 1. The normalized spacial score (nSPS) is 20.9. The highest BCUT2D eigenvalue weighted by molar-refractivity contribution is 8.07. The van der Waals surface area contributed by atoms with Gasteiger partial charge in [0.15, 0.2) is 35.3 Å². The van der Waals surface area contributed by atoms with E-state index in [4.69, 9.17) is 41.2 Å². The number of aromatic amines is 1. The standard InChI is InChI=1S/C24H28FN11O10P2S/c1-12(2)21(38)31-24-30-20-17(22(39)32-24)33-34-36(20)23-18(46-47(40)41)16(25)14(45-23)10-44-48(49,42-6-4-26-3)43-7-5-35-15(9-37)29-13-8-27-11-28-19(13)35/h8,11-12,14,16,18,23,37H,4-7,9-10H2,1-2H3,(H2-,30,31,32,34,38,39,40,41)/p+1/t14-,16-,18-,23-,48?/m1/s1. The number of aromatic nitrogens is 9. The minimum absolute atomic E-state index is 0.0822. The Morgan fingerprint density at radius 1 is 1.31 bits per heavy atom. The number of carbonyl (C=O) groups is 1. The van der Waals surface area contributed by atoms with Crippen molar-refractivity contribution in [2.45, 2.75) is 51.6 Å². The molecule has 2 unspecified atom stereocenters. The molecule has 262 valence electrons. The van der Waals surface area contributed by atoms with Crippen LogP contribution in [0, 0.1) is 12.5 Å². The monoisotopic (exact) mass is 744 g/mol. The van der Waals surface area contributed by atoms with Crippen LogP contribution in [0.5, 0.6) is 0 Å². The number of carbonyl (C=O) groups excluding carboxylic acids is 1. The number of halogens is 1. The van der Waals surface area contributed by atoms with Crippen molar-refractivity contribution in [1.82, 2.24) is 44.5 Å². The molecule has 21 nitrogen and oxygen atoms in total. The predicted octanol–water partition coefficient (Wildman–Crippen LogP) is 0.905. The molecule has 1 aliphatic rings. The van der Waals surface area contributed by atoms with Gasteiger partial charge >= 0.3 is 15.0 Å². The fourth-order valence-electron chi connectivity index (χ4n) is 4.57. The number of hydrogen-bond acceptors (Lipinski definition) is 16. The maximum atomic E-state index is 15.9. The molecule has 0 aliphatic carbocycles. The van der Waals surface area contributed by atoms with Crippen LogP contribution in [-0.4, -0.2) is 105 Å². The molecule has 1 aliphatic heterocycles. The number of H-pyrrole nitrogens is 1. The van der Waals surface area contributed by atoms with Gasteiger partial charge in [0.2, 0.25) is 18.4 Å². The number of ether oxygens (including phenoxy) is 1. The van der Waals surface area contributed by atoms with E-state index in [0.717, 1.165) is 4.68 Å². The van der Waals surface area contributed by atoms with Crippen molar-refractivity contribution < 1.29 is 46.6 Å². The summed E-state index contributed by atoms with van der Waals surface area (Å²) < 4.78 is 58.0. The number of nitrogens with zero attached hydrogens (tertiary/aromatic N) is 9. The first kappa shape index (κ1) is 36.5. The van der Waals surface area contributed by atoms with E-state index in [0.29, 0.717) is 11.2 Å². The van der Waals surface area contributed by atoms with Crippen molar-refractivity contribution in [3.63, 3.8) is 0 Å². The Bertz CT molecular complexity index is 1990. The number of rotatable bonds is 16. The molecule has 6 atom stereocenters. The first-order valence-electron chi connectivity index (χ1n) is 14.4. The fraction of sp³-hybridized carbons (Fsp3) is 0.542. The zero-order valence-corrected chi connectivity index (χ0v) is 28.3. The molecule has 0 spiro atoms. The van der Waals surface area contributed by atoms with Crippen molar-refractivity contribution in [1.29, 1.82) is 0 Å². The Kier molecular flexibility index (Phi) is 11.8. The third-order valence-electron chi connectivity index (χ3n) is 6.86. The van der Waals surface area contributed by atoms with Crippen LogP contribution in [0.3, 0.4) is 0 Å². The molecule has 1 fully saturated rings. The summed E-state index contributed by atoms with van der Waals surface area (Å²) in [5, 5.41) is 19.8. The van der Waals surface area contributed by atoms with E-state index >= 15 is 4.39 Å². The van der Waals surface area contributed by atoms with Crippen LogP contribution < -0.4 is 10.9 Å². The van der Waals surface area contributed by atoms with Gasteiger partial charge < -0.3 is 32.8 Å². The summed E-state index contributed by atoms with van der Waals surface area (Å²) in [7, 11) is -3.36. The van der Waals surface area contributed by atoms with Gasteiger partial charge in [-0.05, 0) is 11.8 Å². The Hall–Kier alpha value is -3.81. The Labute approximate surface area is 281 Å². The van der Waals surface area contributed by atoms with Gasteiger partial charge in [0, 0.05) is 17.0 Å². The lowest BCUT2D eigenvalue weighted by atomic mass is 10.1. The zero-order chi connectivity index (χ0) is 35.3. The summed E-state index contributed by atoms with van der Waals surface area (Å²) in [6.07, 6.45) is -4.23. The fourth-order valence-corrected chi connectivity index (χ4v) is 6.80. The van der Waals surface area contributed by atoms with Gasteiger partial charge in [-0.3, -0.25) is 19.9 Å². The van der Waals surface area contributed by atoms with Crippen molar-refractivity contribution >= 4 is 61.0 Å². The Morgan fingerprint density at radius 2 is 2.08 bits per heavy atom. The number of imidazole rings is 1. The molecule has 4 N–H and O–H groups in total. The number of amides is 1. The van der Waals surface area contributed by atoms with Gasteiger partial charge in [-0.2, -0.15) is 9.67 Å². The molecule has 0 bridgehead atoms. The van der Waals surface area contributed by atoms with Crippen molar-refractivity contribution in [3.05, 3.63) is 40.1 Å². The molecule has 4 aromatic rings. The summed E-state index contributed by atoms with van der Waals surface area (Å²) in [5.41, 5.74) is -0.468. The smallest absolute Gasteiger partial charge is 0.388 e. The van der Waals surface area contributed by atoms with Gasteiger partial charge in [-0.25, -0.2) is 25.9 Å². The highest BCUT2D eigenvalue weighted by atomic mass is 32.5. The number of alkyl halides is 1. The van der Waals surface area contributed by atoms with Crippen LogP contribution >= 0.6 is 15.0 Å². The highest BCUT2D eigenvalue weighted by Crippen LogP contribution is 2.51. The highest BCUT2D eigenvalue weighted by Gasteiger charge is 2.53. The van der Waals surface area contributed by atoms with E-state index in [9.17, 15) is 24.2 Å². The van der Waals surface area contributed by atoms with Gasteiger partial charge in [0.05, 0.1) is 19.4 Å². The molecule has 1 saturated heterocycles. The number of nitrogens with one attached hydrogen (secondary N) is 2. The van der Waals surface area contributed by atoms with Crippen LogP contribution in [0.2, 0.25) is 0 Å². The molecule has 1 amide bonds. The number of fused-ring (bicyclic) bond motifs is 2. The van der Waals surface area contributed by atoms with Crippen LogP contribution in [0.1, 0.15) is 25.9 Å². The van der Waals surface area contributed by atoms with Crippen LogP contribution in [0.25, 0.3) is 27.2 Å². The summed E-state index contributed by atoms with van der Waals surface area (Å²) in [6, 6.07) is 0. The predicted molar refractivity (Wildman–Crippen MR) is 168 cm³/mol. The molecule has 5 rings (SSSR count). The van der Waals surface area contributed by atoms with E-state index in [1.54, 1.807) is 18.4 Å². The Morgan fingerprint density at radius 3 is 2.80 bits per heavy atom. The maximum Gasteiger partial charge on any atom is 0.695 e. The average Bonchev–Trinajstić information content (AvgIpc) is 3.74. The molecule has 5 heterocycles. The number of anilines is 1. The van der Waals surface area contributed by atoms with Crippen molar-refractivity contribution in [2.24, 2.45) is 5.92 Å². The van der Waals surface area contributed by atoms with Crippen molar-refractivity contribution in [3.8, 4) is 0 Å². The molecule has 0 radical (unpaired) electrons. The van der Waals surface area contributed by atoms with Crippen LogP contribution in [-0.2, 0) is 57.1 Å². The summed E-state index contributed by atoms with van der Waals surface area (Å²) in [4.78, 5) is 56.4. The second-order valence-corrected chi connectivity index (χ2v) is 14.1. The third-order valence-corrected chi connectivity index (χ3v) is 9.70. The van der Waals surface area contributed by atoms with E-state index in [1.165, 1.54) is 12.5 Å². The summed E-state index contributed by atoms with van der Waals surface area (Å²) in [6.45, 7) is 5.27. The second kappa shape index (κ2) is 15.8. The average molecular weight is 745 g/mol. The first-order chi connectivity index (χ1) is 23.4. The molecule has 4 aromatic heterocycles. The first-order valence-corrected chi connectivity index (χ1v) is 18.0. The minimum Gasteiger partial charge on any atom is -0.388 e. The lowest BCUT2D eigenvalue weighted by Crippen LogP contribution is -2.31. The van der Waals surface area contributed by atoms with Gasteiger partial charge in [0.25, 0.3) is 5.56 Å². The summed E-state index contributed by atoms with van der Waals surface area (Å²) >= 11 is 5.53. The molecule has 49 heavy (non-hydrogen) atoms. The number of aliphatic hydroxyl groups excluding tert-OH is 1. The third kappa shape index (κ3) is 8.33. The maximum absolute atomic E-state index is 15.9. The van der Waals surface area contributed by atoms with Gasteiger partial charge in [0.1, 0.15) is 37.0 Å². The molecule has 25 heteroatoms. The Balaban J connectivity index is 1.35. The summed E-state index contributed by atoms with van der Waals surface area (Å²) in [5.74, 6) is -0.888. The van der Waals surface area contributed by atoms with E-state index in [-0.39, 0.29) is 49.2 Å². The molecular formula is C24H29FN11O10P2S+. The zero-order valence-electron chi connectivity index (χ0n) is 25.7. The lowest BCUT2D eigenvalue weighted by molar-refractivity contribution is -0.118. The quantitative estimate of drug-likeness (QED) is 0.0706. The van der Waals surface area contributed by atoms with Crippen LogP contribution in [0.15, 0.2) is 17.3 Å². The van der Waals surface area contributed by atoms with Crippen LogP contribution in [0.4, 0.5) is 10.3 Å². The molecular weight excluding hydrogens is 715 g/mol. The van der Waals surface area contributed by atoms with Crippen molar-refractivity contribution in [2.75, 3.05) is 31.7 Å². The minimum atomic E-state index is -3.70. The topological polar surface area (TPSA) is 257 Å².